The zero-order chi connectivity index (χ0) is 20.9. The number of amides is 1. The highest BCUT2D eigenvalue weighted by Gasteiger charge is 2.54. The largest absolute Gasteiger partial charge is 0.382 e. The van der Waals surface area contributed by atoms with Crippen LogP contribution in [-0.4, -0.2) is 26.3 Å². The lowest BCUT2D eigenvalue weighted by Gasteiger charge is -2.17. The van der Waals surface area contributed by atoms with E-state index in [2.05, 4.69) is 39.0 Å². The first-order valence-corrected chi connectivity index (χ1v) is 11.0. The number of nitrogens with one attached hydrogen (secondary N) is 1. The van der Waals surface area contributed by atoms with Gasteiger partial charge in [0.1, 0.15) is 11.5 Å². The molecule has 1 amide bonds. The van der Waals surface area contributed by atoms with Gasteiger partial charge in [-0.3, -0.25) is 4.79 Å². The summed E-state index contributed by atoms with van der Waals surface area (Å²) in [5.41, 5.74) is 11.6. The van der Waals surface area contributed by atoms with Crippen LogP contribution in [0.4, 0.5) is 5.82 Å². The molecule has 0 spiro atoms. The summed E-state index contributed by atoms with van der Waals surface area (Å²) in [6.45, 7) is 0.630. The number of rotatable bonds is 3. The van der Waals surface area contributed by atoms with E-state index in [0.29, 0.717) is 33.2 Å². The minimum Gasteiger partial charge on any atom is -0.382 e. The van der Waals surface area contributed by atoms with Crippen LogP contribution in [-0.2, 0) is 11.8 Å². The van der Waals surface area contributed by atoms with E-state index in [1.165, 1.54) is 0 Å². The van der Waals surface area contributed by atoms with Gasteiger partial charge in [0.05, 0.1) is 23.4 Å². The number of nitriles is 1. The molecule has 3 N–H and O–H groups in total. The number of fused-ring (bicyclic) bond motifs is 1. The molecule has 1 aliphatic carbocycles. The van der Waals surface area contributed by atoms with Gasteiger partial charge in [-0.2, -0.15) is 5.26 Å². The van der Waals surface area contributed by atoms with Gasteiger partial charge in [-0.25, -0.2) is 9.97 Å². The van der Waals surface area contributed by atoms with Crippen molar-refractivity contribution in [3.63, 3.8) is 0 Å². The topological polar surface area (TPSA) is 105 Å². The molecule has 7 heteroatoms. The van der Waals surface area contributed by atoms with Crippen LogP contribution in [0.5, 0.6) is 0 Å². The predicted molar refractivity (Wildman–Crippen MR) is 123 cm³/mol. The number of nitrogens with two attached hydrogens (primary N) is 1. The SMILES string of the molecule is N#CC1(c2ccc(-c3cnc(N)c(-c4ccc5c(c4)CCNC5=O)n3)cc2)CC1I. The van der Waals surface area contributed by atoms with Gasteiger partial charge < -0.3 is 11.1 Å². The number of benzene rings is 2. The number of anilines is 1. The van der Waals surface area contributed by atoms with Crippen LogP contribution in [0.15, 0.2) is 48.7 Å². The van der Waals surface area contributed by atoms with Gasteiger partial charge in [0.15, 0.2) is 0 Å². The Morgan fingerprint density at radius 3 is 2.63 bits per heavy atom. The van der Waals surface area contributed by atoms with Crippen molar-refractivity contribution in [2.75, 3.05) is 12.3 Å². The Hall–Kier alpha value is -2.99. The van der Waals surface area contributed by atoms with Crippen LogP contribution in [0.25, 0.3) is 22.5 Å². The molecule has 3 aromatic rings. The van der Waals surface area contributed by atoms with Gasteiger partial charge in [0.2, 0.25) is 0 Å². The van der Waals surface area contributed by atoms with Crippen LogP contribution in [0, 0.1) is 11.3 Å². The fraction of sp³-hybridized carbons (Fsp3) is 0.217. The Labute approximate surface area is 187 Å². The van der Waals surface area contributed by atoms with Crippen molar-refractivity contribution in [1.82, 2.24) is 15.3 Å². The molecule has 1 aliphatic heterocycles. The number of alkyl halides is 1. The van der Waals surface area contributed by atoms with Crippen LogP contribution >= 0.6 is 22.6 Å². The lowest BCUT2D eigenvalue weighted by atomic mass is 9.95. The van der Waals surface area contributed by atoms with E-state index in [1.54, 1.807) is 6.20 Å². The standard InChI is InChI=1S/C23H18IN5O/c24-19-10-23(19,12-25)16-4-1-13(2-5-16)18-11-28-21(26)20(29-18)15-3-6-17-14(9-15)7-8-27-22(17)30/h1-6,9,11,19H,7-8,10H2,(H2,26,28)(H,27,30). The summed E-state index contributed by atoms with van der Waals surface area (Å²) < 4.78 is 0.361. The maximum absolute atomic E-state index is 12.0. The van der Waals surface area contributed by atoms with Crippen molar-refractivity contribution in [3.05, 3.63) is 65.4 Å². The molecule has 30 heavy (non-hydrogen) atoms. The summed E-state index contributed by atoms with van der Waals surface area (Å²) in [4.78, 5) is 21.1. The van der Waals surface area contributed by atoms with Gasteiger partial charge >= 0.3 is 0 Å². The Kier molecular flexibility index (Phi) is 4.47. The van der Waals surface area contributed by atoms with Crippen molar-refractivity contribution in [2.45, 2.75) is 22.2 Å². The number of nitrogens with zero attached hydrogens (tertiary/aromatic N) is 3. The Morgan fingerprint density at radius 1 is 1.20 bits per heavy atom. The van der Waals surface area contributed by atoms with Crippen molar-refractivity contribution < 1.29 is 4.79 Å². The third kappa shape index (κ3) is 3.03. The normalized spacial score (nSPS) is 22.0. The average Bonchev–Trinajstić information content (AvgIpc) is 3.45. The fourth-order valence-electron chi connectivity index (χ4n) is 3.97. The predicted octanol–water partition coefficient (Wildman–Crippen LogP) is 3.65. The fourth-order valence-corrected chi connectivity index (χ4v) is 5.16. The number of aromatic nitrogens is 2. The molecule has 2 aliphatic rings. The number of nitrogen functional groups attached to an aromatic ring is 1. The minimum atomic E-state index is -0.355. The molecule has 0 radical (unpaired) electrons. The molecule has 0 saturated heterocycles. The number of halogens is 1. The molecule has 0 bridgehead atoms. The second kappa shape index (κ2) is 7.06. The lowest BCUT2D eigenvalue weighted by Crippen LogP contribution is -2.31. The third-order valence-electron chi connectivity index (χ3n) is 5.88. The lowest BCUT2D eigenvalue weighted by molar-refractivity contribution is 0.0946. The van der Waals surface area contributed by atoms with Crippen LogP contribution < -0.4 is 11.1 Å². The van der Waals surface area contributed by atoms with Crippen LogP contribution in [0.2, 0.25) is 0 Å². The summed E-state index contributed by atoms with van der Waals surface area (Å²) in [6.07, 6.45) is 3.34. The summed E-state index contributed by atoms with van der Waals surface area (Å²) >= 11 is 2.34. The molecule has 1 saturated carbocycles. The van der Waals surface area contributed by atoms with E-state index in [9.17, 15) is 10.1 Å². The molecular formula is C23H18IN5O. The molecule has 6 nitrogen and oxygen atoms in total. The molecule has 2 atom stereocenters. The first kappa shape index (κ1) is 19.0. The summed E-state index contributed by atoms with van der Waals surface area (Å²) in [7, 11) is 0. The Morgan fingerprint density at radius 2 is 1.93 bits per heavy atom. The quantitative estimate of drug-likeness (QED) is 0.416. The highest BCUT2D eigenvalue weighted by molar-refractivity contribution is 14.1. The van der Waals surface area contributed by atoms with E-state index >= 15 is 0 Å². The van der Waals surface area contributed by atoms with Crippen molar-refractivity contribution in [2.24, 2.45) is 0 Å². The number of hydrogen-bond donors (Lipinski definition) is 2. The van der Waals surface area contributed by atoms with Gasteiger partial charge in [-0.05, 0) is 36.1 Å². The van der Waals surface area contributed by atoms with Gasteiger partial charge in [0.25, 0.3) is 5.91 Å². The maximum Gasteiger partial charge on any atom is 0.251 e. The average molecular weight is 507 g/mol. The number of hydrogen-bond acceptors (Lipinski definition) is 5. The van der Waals surface area contributed by atoms with E-state index in [0.717, 1.165) is 35.1 Å². The zero-order valence-electron chi connectivity index (χ0n) is 16.0. The first-order valence-electron chi connectivity index (χ1n) is 9.72. The Balaban J connectivity index is 1.50. The van der Waals surface area contributed by atoms with Crippen molar-refractivity contribution in [1.29, 1.82) is 5.26 Å². The van der Waals surface area contributed by atoms with Crippen LogP contribution in [0.1, 0.15) is 27.9 Å². The molecule has 2 unspecified atom stereocenters. The number of carbonyl (C=O) groups is 1. The van der Waals surface area contributed by atoms with E-state index in [4.69, 9.17) is 10.7 Å². The highest BCUT2D eigenvalue weighted by atomic mass is 127. The zero-order valence-corrected chi connectivity index (χ0v) is 18.2. The Bertz CT molecular complexity index is 1220. The van der Waals surface area contributed by atoms with Gasteiger partial charge in [0, 0.05) is 27.2 Å². The summed E-state index contributed by atoms with van der Waals surface area (Å²) in [6, 6.07) is 16.1. The van der Waals surface area contributed by atoms with Crippen LogP contribution in [0.3, 0.4) is 0 Å². The molecule has 1 aromatic heterocycles. The smallest absolute Gasteiger partial charge is 0.251 e. The maximum atomic E-state index is 12.0. The molecule has 148 valence electrons. The molecule has 5 rings (SSSR count). The van der Waals surface area contributed by atoms with Gasteiger partial charge in [-0.15, -0.1) is 0 Å². The van der Waals surface area contributed by atoms with Crippen molar-refractivity contribution in [3.8, 4) is 28.6 Å². The molecule has 1 fully saturated rings. The highest BCUT2D eigenvalue weighted by Crippen LogP contribution is 2.53. The second-order valence-electron chi connectivity index (χ2n) is 7.70. The van der Waals surface area contributed by atoms with E-state index in [1.807, 2.05) is 42.5 Å². The van der Waals surface area contributed by atoms with E-state index < -0.39 is 0 Å². The monoisotopic (exact) mass is 507 g/mol. The van der Waals surface area contributed by atoms with E-state index in [-0.39, 0.29) is 11.3 Å². The molecule has 2 aromatic carbocycles. The third-order valence-corrected chi connectivity index (χ3v) is 7.38. The van der Waals surface area contributed by atoms with Gasteiger partial charge in [-0.1, -0.05) is 52.9 Å². The molecular weight excluding hydrogens is 489 g/mol. The second-order valence-corrected chi connectivity index (χ2v) is 9.20. The number of carbonyl (C=O) groups excluding carboxylic acids is 1. The minimum absolute atomic E-state index is 0.0461. The first-order chi connectivity index (χ1) is 14.5. The summed E-state index contributed by atoms with van der Waals surface area (Å²) in [5, 5.41) is 12.4. The van der Waals surface area contributed by atoms with Crippen molar-refractivity contribution >= 4 is 34.3 Å². The molecule has 2 heterocycles. The summed E-state index contributed by atoms with van der Waals surface area (Å²) in [5.74, 6) is 0.306.